The number of nitrogens with one attached hydrogen (secondary N) is 1. The van der Waals surface area contributed by atoms with Crippen LogP contribution in [0.2, 0.25) is 0 Å². The number of hydrogen-bond acceptors (Lipinski definition) is 5. The van der Waals surface area contributed by atoms with Gasteiger partial charge in [-0.1, -0.05) is 0 Å². The van der Waals surface area contributed by atoms with E-state index in [2.05, 4.69) is 10.2 Å². The number of thioether (sulfide) groups is 1. The van der Waals surface area contributed by atoms with Crippen LogP contribution in [0.3, 0.4) is 0 Å². The van der Waals surface area contributed by atoms with E-state index >= 15 is 0 Å². The molecule has 0 unspecified atom stereocenters. The third kappa shape index (κ3) is 5.89. The van der Waals surface area contributed by atoms with Gasteiger partial charge in [0.2, 0.25) is 0 Å². The van der Waals surface area contributed by atoms with Crippen molar-refractivity contribution in [1.29, 1.82) is 0 Å². The second kappa shape index (κ2) is 9.42. The van der Waals surface area contributed by atoms with Crippen LogP contribution in [0.25, 0.3) is 0 Å². The van der Waals surface area contributed by atoms with Gasteiger partial charge in [0.05, 0.1) is 12.5 Å². The van der Waals surface area contributed by atoms with Crippen molar-refractivity contribution in [1.82, 2.24) is 10.2 Å². The van der Waals surface area contributed by atoms with E-state index in [-0.39, 0.29) is 5.92 Å². The molecule has 0 aliphatic carbocycles. The zero-order valence-electron chi connectivity index (χ0n) is 11.4. The van der Waals surface area contributed by atoms with Crippen molar-refractivity contribution in [3.63, 3.8) is 0 Å². The first-order valence-electron chi connectivity index (χ1n) is 6.52. The topological polar surface area (TPSA) is 41.6 Å². The summed E-state index contributed by atoms with van der Waals surface area (Å²) in [6.45, 7) is 5.60. The molecule has 0 radical (unpaired) electrons. The molecule has 0 aromatic rings. The van der Waals surface area contributed by atoms with Crippen molar-refractivity contribution in [3.8, 4) is 0 Å². The van der Waals surface area contributed by atoms with Crippen molar-refractivity contribution in [2.24, 2.45) is 5.92 Å². The summed E-state index contributed by atoms with van der Waals surface area (Å²) >= 11 is 1.58. The van der Waals surface area contributed by atoms with E-state index in [9.17, 15) is 4.79 Å². The number of likely N-dealkylation sites (tertiary alicyclic amines) is 1. The summed E-state index contributed by atoms with van der Waals surface area (Å²) in [7, 11) is 1.71. The highest BCUT2D eigenvalue weighted by atomic mass is 32.2. The predicted molar refractivity (Wildman–Crippen MR) is 76.5 cm³/mol. The molecule has 1 N–H and O–H groups in total. The molecular formula is C13H24N2O2S. The number of ketones is 1. The smallest absolute Gasteiger partial charge is 0.146 e. The molecule has 0 bridgehead atoms. The van der Waals surface area contributed by atoms with E-state index < -0.39 is 0 Å². The van der Waals surface area contributed by atoms with Gasteiger partial charge in [0, 0.05) is 38.9 Å². The van der Waals surface area contributed by atoms with Gasteiger partial charge < -0.3 is 10.1 Å². The molecule has 0 aromatic heterocycles. The van der Waals surface area contributed by atoms with Gasteiger partial charge in [-0.05, 0) is 25.2 Å². The quantitative estimate of drug-likeness (QED) is 0.728. The van der Waals surface area contributed by atoms with E-state index in [1.54, 1.807) is 18.9 Å². The maximum atomic E-state index is 12.0. The fourth-order valence-electron chi connectivity index (χ4n) is 2.03. The van der Waals surface area contributed by atoms with Gasteiger partial charge in [-0.2, -0.15) is 0 Å². The fraction of sp³-hybridized carbons (Fsp3) is 0.769. The van der Waals surface area contributed by atoms with Crippen LogP contribution < -0.4 is 5.32 Å². The van der Waals surface area contributed by atoms with Gasteiger partial charge in [0.25, 0.3) is 0 Å². The summed E-state index contributed by atoms with van der Waals surface area (Å²) in [5.74, 6) is 1.23. The SMILES string of the molecule is CCNC=CSCC(=O)C1CCN(COC)CC1. The molecule has 1 rings (SSSR count). The number of methoxy groups -OCH3 is 1. The molecule has 5 heteroatoms. The predicted octanol–water partition coefficient (Wildman–Crippen LogP) is 1.69. The lowest BCUT2D eigenvalue weighted by atomic mass is 9.93. The third-order valence-electron chi connectivity index (χ3n) is 3.07. The van der Waals surface area contributed by atoms with Gasteiger partial charge in [-0.25, -0.2) is 0 Å². The van der Waals surface area contributed by atoms with Gasteiger partial charge in [-0.3, -0.25) is 9.69 Å². The van der Waals surface area contributed by atoms with Gasteiger partial charge in [0.1, 0.15) is 5.78 Å². The minimum atomic E-state index is 0.248. The third-order valence-corrected chi connectivity index (χ3v) is 3.85. The molecular weight excluding hydrogens is 248 g/mol. The Bertz CT molecular complexity index is 264. The Morgan fingerprint density at radius 3 is 2.83 bits per heavy atom. The normalized spacial score (nSPS) is 18.3. The molecule has 0 saturated carbocycles. The molecule has 4 nitrogen and oxygen atoms in total. The number of Topliss-reactive ketones (excluding diaryl/α,β-unsaturated/α-hetero) is 1. The molecule has 0 aromatic carbocycles. The summed E-state index contributed by atoms with van der Waals surface area (Å²) in [5, 5.41) is 5.05. The van der Waals surface area contributed by atoms with E-state index in [1.807, 2.05) is 18.5 Å². The minimum Gasteiger partial charge on any atom is -0.391 e. The molecule has 1 aliphatic heterocycles. The molecule has 0 atom stereocenters. The van der Waals surface area contributed by atoms with Crippen LogP contribution in [0.15, 0.2) is 11.6 Å². The van der Waals surface area contributed by atoms with E-state index in [0.717, 1.165) is 32.5 Å². The number of nitrogens with zero attached hydrogens (tertiary/aromatic N) is 1. The van der Waals surface area contributed by atoms with Crippen LogP contribution in [0.4, 0.5) is 0 Å². The highest BCUT2D eigenvalue weighted by Crippen LogP contribution is 2.20. The highest BCUT2D eigenvalue weighted by molar-refractivity contribution is 8.02. The van der Waals surface area contributed by atoms with E-state index in [4.69, 9.17) is 4.74 Å². The van der Waals surface area contributed by atoms with Gasteiger partial charge >= 0.3 is 0 Å². The second-order valence-corrected chi connectivity index (χ2v) is 5.34. The van der Waals surface area contributed by atoms with Gasteiger partial charge in [-0.15, -0.1) is 11.8 Å². The Kier molecular flexibility index (Phi) is 8.13. The lowest BCUT2D eigenvalue weighted by Crippen LogP contribution is -2.37. The maximum Gasteiger partial charge on any atom is 0.146 e. The first kappa shape index (κ1) is 15.5. The number of ether oxygens (including phenoxy) is 1. The van der Waals surface area contributed by atoms with Crippen LogP contribution in [-0.4, -0.2) is 49.9 Å². The molecule has 1 saturated heterocycles. The molecule has 0 spiro atoms. The molecule has 104 valence electrons. The summed E-state index contributed by atoms with van der Waals surface area (Å²) in [5.41, 5.74) is 0. The van der Waals surface area contributed by atoms with Crippen molar-refractivity contribution in [2.45, 2.75) is 19.8 Å². The molecule has 1 aliphatic rings. The number of carbonyl (C=O) groups excluding carboxylic acids is 1. The highest BCUT2D eigenvalue weighted by Gasteiger charge is 2.24. The van der Waals surface area contributed by atoms with Crippen LogP contribution >= 0.6 is 11.8 Å². The van der Waals surface area contributed by atoms with Crippen molar-refractivity contribution in [2.75, 3.05) is 39.2 Å². The van der Waals surface area contributed by atoms with Crippen molar-refractivity contribution >= 4 is 17.5 Å². The lowest BCUT2D eigenvalue weighted by molar-refractivity contribution is -0.122. The Labute approximate surface area is 114 Å². The van der Waals surface area contributed by atoms with Gasteiger partial charge in [0.15, 0.2) is 0 Å². The maximum absolute atomic E-state index is 12.0. The zero-order chi connectivity index (χ0) is 13.2. The average Bonchev–Trinajstić information content (AvgIpc) is 2.39. The number of carbonyl (C=O) groups is 1. The first-order chi connectivity index (χ1) is 8.77. The molecule has 1 fully saturated rings. The summed E-state index contributed by atoms with van der Waals surface area (Å²) in [4.78, 5) is 14.2. The Hall–Kier alpha value is -0.520. The molecule has 18 heavy (non-hydrogen) atoms. The van der Waals surface area contributed by atoms with Crippen LogP contribution in [0.1, 0.15) is 19.8 Å². The summed E-state index contributed by atoms with van der Waals surface area (Å²) < 4.78 is 5.10. The van der Waals surface area contributed by atoms with Crippen molar-refractivity contribution in [3.05, 3.63) is 11.6 Å². The fourth-order valence-corrected chi connectivity index (χ4v) is 2.72. The Morgan fingerprint density at radius 2 is 2.22 bits per heavy atom. The largest absolute Gasteiger partial charge is 0.391 e. The minimum absolute atomic E-state index is 0.248. The lowest BCUT2D eigenvalue weighted by Gasteiger charge is -2.30. The second-order valence-electron chi connectivity index (χ2n) is 4.45. The van der Waals surface area contributed by atoms with Crippen LogP contribution in [0, 0.1) is 5.92 Å². The van der Waals surface area contributed by atoms with E-state index in [0.29, 0.717) is 18.3 Å². The average molecular weight is 272 g/mol. The first-order valence-corrected chi connectivity index (χ1v) is 7.56. The summed E-state index contributed by atoms with van der Waals surface area (Å²) in [6.07, 6.45) is 3.85. The molecule has 1 heterocycles. The monoisotopic (exact) mass is 272 g/mol. The summed E-state index contributed by atoms with van der Waals surface area (Å²) in [6, 6.07) is 0. The Morgan fingerprint density at radius 1 is 1.50 bits per heavy atom. The standard InChI is InChI=1S/C13H24N2O2S/c1-3-14-6-9-18-10-13(16)12-4-7-15(8-5-12)11-17-2/h6,9,12,14H,3-5,7-8,10-11H2,1-2H3. The molecule has 0 amide bonds. The van der Waals surface area contributed by atoms with Crippen molar-refractivity contribution < 1.29 is 9.53 Å². The van der Waals surface area contributed by atoms with Crippen LogP contribution in [0.5, 0.6) is 0 Å². The number of piperidine rings is 1. The number of rotatable bonds is 8. The zero-order valence-corrected chi connectivity index (χ0v) is 12.2. The number of hydrogen-bond donors (Lipinski definition) is 1. The Balaban J connectivity index is 2.15. The van der Waals surface area contributed by atoms with E-state index in [1.165, 1.54) is 0 Å². The van der Waals surface area contributed by atoms with Crippen LogP contribution in [-0.2, 0) is 9.53 Å².